The summed E-state index contributed by atoms with van der Waals surface area (Å²) in [7, 11) is 1.60. The van der Waals surface area contributed by atoms with Crippen molar-refractivity contribution in [3.8, 4) is 0 Å². The molecule has 0 atom stereocenters. The van der Waals surface area contributed by atoms with E-state index in [1.165, 1.54) is 17.0 Å². The van der Waals surface area contributed by atoms with Crippen molar-refractivity contribution in [1.82, 2.24) is 14.8 Å². The highest BCUT2D eigenvalue weighted by molar-refractivity contribution is 6.11. The Kier molecular flexibility index (Phi) is 2.83. The second-order valence-corrected chi connectivity index (χ2v) is 4.44. The first-order valence-corrected chi connectivity index (χ1v) is 6.06. The number of H-pyrrole nitrogens is 1. The first-order valence-electron chi connectivity index (χ1n) is 6.06. The van der Waals surface area contributed by atoms with Gasteiger partial charge in [-0.25, -0.2) is 0 Å². The third-order valence-electron chi connectivity index (χ3n) is 3.06. The van der Waals surface area contributed by atoms with Gasteiger partial charge < -0.3 is 9.88 Å². The Hall–Kier alpha value is -2.89. The fourth-order valence-corrected chi connectivity index (χ4v) is 2.05. The van der Waals surface area contributed by atoms with Crippen LogP contribution in [0.3, 0.4) is 0 Å². The number of carbonyl (C=O) groups is 1. The second-order valence-electron chi connectivity index (χ2n) is 4.44. The fraction of sp³-hybridized carbons (Fsp3) is 0.0714. The fourth-order valence-electron chi connectivity index (χ4n) is 2.05. The van der Waals surface area contributed by atoms with Crippen LogP contribution in [0.5, 0.6) is 0 Å². The molecule has 2 aromatic heterocycles. The van der Waals surface area contributed by atoms with E-state index in [-0.39, 0.29) is 11.5 Å². The second kappa shape index (κ2) is 4.65. The van der Waals surface area contributed by atoms with Gasteiger partial charge in [0.1, 0.15) is 5.52 Å². The number of hydrogen-bond donors (Lipinski definition) is 2. The smallest absolute Gasteiger partial charge is 0.276 e. The minimum absolute atomic E-state index is 0.214. The molecule has 1 aromatic carbocycles. The number of hydrogen-bond acceptors (Lipinski definition) is 3. The summed E-state index contributed by atoms with van der Waals surface area (Å²) in [5.74, 6) is -0.279. The Labute approximate surface area is 114 Å². The maximum absolute atomic E-state index is 12.3. The van der Waals surface area contributed by atoms with E-state index in [1.54, 1.807) is 19.2 Å². The van der Waals surface area contributed by atoms with Gasteiger partial charge in [-0.1, -0.05) is 18.2 Å². The number of carbonyl (C=O) groups excluding carboxylic acids is 1. The van der Waals surface area contributed by atoms with Crippen LogP contribution in [0.1, 0.15) is 10.4 Å². The normalized spacial score (nSPS) is 10.7. The van der Waals surface area contributed by atoms with Gasteiger partial charge in [0.25, 0.3) is 11.5 Å². The Bertz CT molecular complexity index is 833. The highest BCUT2D eigenvalue weighted by Crippen LogP contribution is 2.15. The summed E-state index contributed by atoms with van der Waals surface area (Å²) < 4.78 is 1.36. The molecule has 0 aliphatic rings. The predicted molar refractivity (Wildman–Crippen MR) is 75.7 cm³/mol. The van der Waals surface area contributed by atoms with Gasteiger partial charge >= 0.3 is 0 Å². The number of anilines is 1. The average Bonchev–Trinajstić information content (AvgIpc) is 2.93. The van der Waals surface area contributed by atoms with Crippen molar-refractivity contribution in [2.24, 2.45) is 7.05 Å². The quantitative estimate of drug-likeness (QED) is 0.739. The number of nitrogens with zero attached hydrogens (tertiary/aromatic N) is 2. The van der Waals surface area contributed by atoms with Gasteiger partial charge in [-0.05, 0) is 12.1 Å². The van der Waals surface area contributed by atoms with Crippen LogP contribution < -0.4 is 10.9 Å². The third kappa shape index (κ3) is 1.97. The van der Waals surface area contributed by atoms with Crippen molar-refractivity contribution in [3.05, 3.63) is 58.6 Å². The molecule has 6 nitrogen and oxygen atoms in total. The molecule has 20 heavy (non-hydrogen) atoms. The standard InChI is InChI=1S/C14H12N4O2/c1-18-8-11(10-7-15-17-12(10)14(18)20)13(19)16-9-5-3-2-4-6-9/h2-8H,1H3,(H,15,17)(H,16,19). The third-order valence-corrected chi connectivity index (χ3v) is 3.06. The highest BCUT2D eigenvalue weighted by Gasteiger charge is 2.15. The van der Waals surface area contributed by atoms with Gasteiger partial charge in [-0.3, -0.25) is 14.7 Å². The number of fused-ring (bicyclic) bond motifs is 1. The largest absolute Gasteiger partial charge is 0.322 e. The van der Waals surface area contributed by atoms with Crippen LogP contribution in [-0.4, -0.2) is 20.7 Å². The average molecular weight is 268 g/mol. The van der Waals surface area contributed by atoms with Crippen molar-refractivity contribution in [1.29, 1.82) is 0 Å². The van der Waals surface area contributed by atoms with Crippen LogP contribution in [0.4, 0.5) is 5.69 Å². The van der Waals surface area contributed by atoms with Crippen LogP contribution in [0.15, 0.2) is 47.5 Å². The first-order chi connectivity index (χ1) is 9.66. The molecule has 0 fully saturated rings. The molecule has 100 valence electrons. The first kappa shape index (κ1) is 12.2. The number of aromatic amines is 1. The van der Waals surface area contributed by atoms with E-state index in [9.17, 15) is 9.59 Å². The maximum Gasteiger partial charge on any atom is 0.276 e. The summed E-state index contributed by atoms with van der Waals surface area (Å²) in [4.78, 5) is 24.2. The Morgan fingerprint density at radius 2 is 2.05 bits per heavy atom. The topological polar surface area (TPSA) is 79.8 Å². The SMILES string of the molecule is Cn1cc(C(=O)Nc2ccccc2)c2cn[nH]c2c1=O. The summed E-state index contributed by atoms with van der Waals surface area (Å²) >= 11 is 0. The van der Waals surface area contributed by atoms with E-state index in [4.69, 9.17) is 0 Å². The molecule has 1 amide bonds. The van der Waals surface area contributed by atoms with Crippen molar-refractivity contribution in [2.45, 2.75) is 0 Å². The van der Waals surface area contributed by atoms with E-state index in [0.717, 1.165) is 0 Å². The monoisotopic (exact) mass is 268 g/mol. The van der Waals surface area contributed by atoms with Crippen molar-refractivity contribution >= 4 is 22.5 Å². The van der Waals surface area contributed by atoms with E-state index in [2.05, 4.69) is 15.5 Å². The zero-order chi connectivity index (χ0) is 14.1. The molecule has 0 aliphatic carbocycles. The lowest BCUT2D eigenvalue weighted by atomic mass is 10.1. The number of benzene rings is 1. The van der Waals surface area contributed by atoms with Gasteiger partial charge in [0, 0.05) is 24.3 Å². The molecule has 0 aliphatic heterocycles. The summed E-state index contributed by atoms with van der Waals surface area (Å²) in [6, 6.07) is 9.14. The van der Waals surface area contributed by atoms with Gasteiger partial charge in [-0.15, -0.1) is 0 Å². The zero-order valence-electron chi connectivity index (χ0n) is 10.8. The summed E-state index contributed by atoms with van der Waals surface area (Å²) in [6.07, 6.45) is 3.00. The number of rotatable bonds is 2. The number of pyridine rings is 1. The molecule has 3 aromatic rings. The number of aryl methyl sites for hydroxylation is 1. The summed E-state index contributed by atoms with van der Waals surface area (Å²) in [5, 5.41) is 9.77. The molecular weight excluding hydrogens is 256 g/mol. The molecule has 3 rings (SSSR count). The van der Waals surface area contributed by atoms with Crippen LogP contribution in [0, 0.1) is 0 Å². The molecule has 2 N–H and O–H groups in total. The summed E-state index contributed by atoms with van der Waals surface area (Å²) in [5.41, 5.74) is 1.21. The Balaban J connectivity index is 2.06. The number of aromatic nitrogens is 3. The lowest BCUT2D eigenvalue weighted by Crippen LogP contribution is -2.21. The highest BCUT2D eigenvalue weighted by atomic mass is 16.2. The van der Waals surface area contributed by atoms with Gasteiger partial charge in [-0.2, -0.15) is 5.10 Å². The van der Waals surface area contributed by atoms with Crippen molar-refractivity contribution < 1.29 is 4.79 Å². The summed E-state index contributed by atoms with van der Waals surface area (Å²) in [6.45, 7) is 0. The van der Waals surface area contributed by atoms with Crippen LogP contribution in [0.2, 0.25) is 0 Å². The minimum atomic E-state index is -0.279. The Morgan fingerprint density at radius 3 is 2.80 bits per heavy atom. The molecule has 0 spiro atoms. The van der Waals surface area contributed by atoms with Crippen LogP contribution in [0.25, 0.3) is 10.9 Å². The molecule has 6 heteroatoms. The van der Waals surface area contributed by atoms with Gasteiger partial charge in [0.15, 0.2) is 0 Å². The Morgan fingerprint density at radius 1 is 1.30 bits per heavy atom. The lowest BCUT2D eigenvalue weighted by molar-refractivity contribution is 0.102. The van der Waals surface area contributed by atoms with E-state index in [0.29, 0.717) is 22.2 Å². The zero-order valence-corrected chi connectivity index (χ0v) is 10.8. The molecule has 0 saturated heterocycles. The van der Waals surface area contributed by atoms with Crippen molar-refractivity contribution in [3.63, 3.8) is 0 Å². The van der Waals surface area contributed by atoms with E-state index >= 15 is 0 Å². The molecule has 0 radical (unpaired) electrons. The van der Waals surface area contributed by atoms with E-state index in [1.807, 2.05) is 18.2 Å². The van der Waals surface area contributed by atoms with E-state index < -0.39 is 0 Å². The lowest BCUT2D eigenvalue weighted by Gasteiger charge is -2.07. The number of para-hydroxylation sites is 1. The minimum Gasteiger partial charge on any atom is -0.322 e. The molecule has 2 heterocycles. The number of amides is 1. The maximum atomic E-state index is 12.3. The predicted octanol–water partition coefficient (Wildman–Crippen LogP) is 1.51. The number of nitrogens with one attached hydrogen (secondary N) is 2. The molecular formula is C14H12N4O2. The van der Waals surface area contributed by atoms with Crippen LogP contribution in [-0.2, 0) is 7.05 Å². The molecule has 0 saturated carbocycles. The van der Waals surface area contributed by atoms with Gasteiger partial charge in [0.05, 0.1) is 11.8 Å². The molecule has 0 bridgehead atoms. The molecule has 0 unspecified atom stereocenters. The van der Waals surface area contributed by atoms with Gasteiger partial charge in [0.2, 0.25) is 0 Å². The van der Waals surface area contributed by atoms with Crippen LogP contribution >= 0.6 is 0 Å². The van der Waals surface area contributed by atoms with Crippen molar-refractivity contribution in [2.75, 3.05) is 5.32 Å².